The summed E-state index contributed by atoms with van der Waals surface area (Å²) in [4.78, 5) is 3.95. The topological polar surface area (TPSA) is 61.8 Å². The van der Waals surface area contributed by atoms with Crippen LogP contribution in [-0.4, -0.2) is 14.7 Å². The van der Waals surface area contributed by atoms with Crippen LogP contribution in [0.5, 0.6) is 0 Å². The number of halogens is 1. The zero-order valence-electron chi connectivity index (χ0n) is 9.84. The highest BCUT2D eigenvalue weighted by molar-refractivity contribution is 5.34. The van der Waals surface area contributed by atoms with Crippen molar-refractivity contribution in [1.29, 1.82) is 5.26 Å². The SMILES string of the molecule is CC(c1ccc(C#N)c(F)c1)n1cncc1CO. The first-order chi connectivity index (χ1) is 8.67. The van der Waals surface area contributed by atoms with Crippen molar-refractivity contribution in [2.75, 3.05) is 0 Å². The molecule has 1 N–H and O–H groups in total. The molecule has 0 saturated carbocycles. The van der Waals surface area contributed by atoms with Crippen molar-refractivity contribution in [3.8, 4) is 6.07 Å². The Hall–Kier alpha value is -2.19. The lowest BCUT2D eigenvalue weighted by atomic mass is 10.1. The summed E-state index contributed by atoms with van der Waals surface area (Å²) in [6.07, 6.45) is 3.16. The fourth-order valence-corrected chi connectivity index (χ4v) is 1.85. The Balaban J connectivity index is 2.38. The van der Waals surface area contributed by atoms with Gasteiger partial charge in [0.25, 0.3) is 0 Å². The van der Waals surface area contributed by atoms with Gasteiger partial charge < -0.3 is 9.67 Å². The molecule has 0 fully saturated rings. The van der Waals surface area contributed by atoms with E-state index in [9.17, 15) is 4.39 Å². The number of nitriles is 1. The first-order valence-electron chi connectivity index (χ1n) is 5.48. The molecule has 4 nitrogen and oxygen atoms in total. The average Bonchev–Trinajstić information content (AvgIpc) is 2.86. The molecule has 1 atom stereocenters. The third kappa shape index (κ3) is 2.11. The third-order valence-corrected chi connectivity index (χ3v) is 2.92. The van der Waals surface area contributed by atoms with Crippen molar-refractivity contribution in [2.45, 2.75) is 19.6 Å². The fourth-order valence-electron chi connectivity index (χ4n) is 1.85. The van der Waals surface area contributed by atoms with Gasteiger partial charge >= 0.3 is 0 Å². The predicted octanol–water partition coefficient (Wildman–Crippen LogP) is 2.00. The second kappa shape index (κ2) is 4.98. The molecule has 0 bridgehead atoms. The monoisotopic (exact) mass is 245 g/mol. The molecule has 2 rings (SSSR count). The number of aromatic nitrogens is 2. The summed E-state index contributed by atoms with van der Waals surface area (Å²) >= 11 is 0. The first-order valence-corrected chi connectivity index (χ1v) is 5.48. The van der Waals surface area contributed by atoms with Gasteiger partial charge in [0.2, 0.25) is 0 Å². The van der Waals surface area contributed by atoms with Crippen LogP contribution < -0.4 is 0 Å². The van der Waals surface area contributed by atoms with Crippen LogP contribution in [0.2, 0.25) is 0 Å². The average molecular weight is 245 g/mol. The molecule has 0 amide bonds. The Bertz CT molecular complexity index is 601. The minimum absolute atomic E-state index is 0.0268. The number of nitrogens with zero attached hydrogens (tertiary/aromatic N) is 3. The van der Waals surface area contributed by atoms with Crippen LogP contribution in [0.4, 0.5) is 4.39 Å². The van der Waals surface area contributed by atoms with Crippen LogP contribution in [0.25, 0.3) is 0 Å². The first kappa shape index (κ1) is 12.3. The van der Waals surface area contributed by atoms with Crippen LogP contribution >= 0.6 is 0 Å². The van der Waals surface area contributed by atoms with Gasteiger partial charge in [0.05, 0.1) is 36.4 Å². The van der Waals surface area contributed by atoms with Gasteiger partial charge in [-0.15, -0.1) is 0 Å². The van der Waals surface area contributed by atoms with E-state index >= 15 is 0 Å². The molecular formula is C13H12FN3O. The minimum Gasteiger partial charge on any atom is -0.390 e. The second-order valence-corrected chi connectivity index (χ2v) is 3.98. The molecule has 18 heavy (non-hydrogen) atoms. The van der Waals surface area contributed by atoms with Crippen LogP contribution in [0, 0.1) is 17.1 Å². The number of rotatable bonds is 3. The summed E-state index contributed by atoms with van der Waals surface area (Å²) in [7, 11) is 0. The lowest BCUT2D eigenvalue weighted by Gasteiger charge is -2.16. The summed E-state index contributed by atoms with van der Waals surface area (Å²) in [5.74, 6) is -0.535. The number of aliphatic hydroxyl groups excluding tert-OH is 1. The minimum atomic E-state index is -0.535. The maximum atomic E-state index is 13.5. The number of hydrogen-bond donors (Lipinski definition) is 1. The standard InChI is InChI=1S/C13H12FN3O/c1-9(17-8-16-6-12(17)7-18)10-2-3-11(5-15)13(14)4-10/h2-4,6,8-9,18H,7H2,1H3. The molecular weight excluding hydrogens is 233 g/mol. The van der Waals surface area contributed by atoms with Crippen LogP contribution in [0.3, 0.4) is 0 Å². The lowest BCUT2D eigenvalue weighted by molar-refractivity contribution is 0.269. The molecule has 0 aliphatic heterocycles. The van der Waals surface area contributed by atoms with Crippen molar-refractivity contribution in [3.05, 3.63) is 53.4 Å². The molecule has 0 aliphatic rings. The van der Waals surface area contributed by atoms with Gasteiger partial charge in [0.15, 0.2) is 0 Å². The molecule has 1 unspecified atom stereocenters. The largest absolute Gasteiger partial charge is 0.390 e. The van der Waals surface area contributed by atoms with E-state index in [1.54, 1.807) is 29.2 Å². The van der Waals surface area contributed by atoms with E-state index in [1.165, 1.54) is 12.1 Å². The molecule has 0 aliphatic carbocycles. The molecule has 1 aromatic carbocycles. The molecule has 0 spiro atoms. The van der Waals surface area contributed by atoms with E-state index in [2.05, 4.69) is 4.98 Å². The van der Waals surface area contributed by atoms with Gasteiger partial charge in [-0.05, 0) is 24.6 Å². The third-order valence-electron chi connectivity index (χ3n) is 2.92. The van der Waals surface area contributed by atoms with Crippen molar-refractivity contribution >= 4 is 0 Å². The maximum Gasteiger partial charge on any atom is 0.141 e. The van der Waals surface area contributed by atoms with Gasteiger partial charge in [0.1, 0.15) is 11.9 Å². The van der Waals surface area contributed by atoms with Crippen LogP contribution in [0.1, 0.15) is 29.8 Å². The zero-order valence-corrected chi connectivity index (χ0v) is 9.84. The predicted molar refractivity (Wildman–Crippen MR) is 63.1 cm³/mol. The van der Waals surface area contributed by atoms with Crippen LogP contribution in [-0.2, 0) is 6.61 Å². The van der Waals surface area contributed by atoms with Gasteiger partial charge in [-0.2, -0.15) is 5.26 Å². The maximum absolute atomic E-state index is 13.5. The highest BCUT2D eigenvalue weighted by Gasteiger charge is 2.13. The van der Waals surface area contributed by atoms with E-state index in [0.717, 1.165) is 5.56 Å². The van der Waals surface area contributed by atoms with Gasteiger partial charge in [-0.25, -0.2) is 9.37 Å². The Morgan fingerprint density at radius 2 is 2.33 bits per heavy atom. The Morgan fingerprint density at radius 3 is 2.94 bits per heavy atom. The van der Waals surface area contributed by atoms with E-state index < -0.39 is 5.82 Å². The normalized spacial score (nSPS) is 12.1. The summed E-state index contributed by atoms with van der Waals surface area (Å²) in [5, 5.41) is 17.8. The summed E-state index contributed by atoms with van der Waals surface area (Å²) in [6.45, 7) is 1.75. The summed E-state index contributed by atoms with van der Waals surface area (Å²) in [5.41, 5.74) is 1.41. The smallest absolute Gasteiger partial charge is 0.141 e. The Kier molecular flexibility index (Phi) is 3.40. The van der Waals surface area contributed by atoms with Crippen molar-refractivity contribution in [3.63, 3.8) is 0 Å². The quantitative estimate of drug-likeness (QED) is 0.899. The van der Waals surface area contributed by atoms with Gasteiger partial charge in [-0.1, -0.05) is 6.07 Å². The van der Waals surface area contributed by atoms with Gasteiger partial charge in [0, 0.05) is 0 Å². The highest BCUT2D eigenvalue weighted by Crippen LogP contribution is 2.21. The van der Waals surface area contributed by atoms with Gasteiger partial charge in [-0.3, -0.25) is 0 Å². The Labute approximate surface area is 104 Å². The van der Waals surface area contributed by atoms with Crippen molar-refractivity contribution in [1.82, 2.24) is 9.55 Å². The molecule has 0 saturated heterocycles. The fraction of sp³-hybridized carbons (Fsp3) is 0.231. The van der Waals surface area contributed by atoms with E-state index in [0.29, 0.717) is 5.69 Å². The lowest BCUT2D eigenvalue weighted by Crippen LogP contribution is -2.09. The summed E-state index contributed by atoms with van der Waals surface area (Å²) in [6, 6.07) is 6.12. The number of aliphatic hydroxyl groups is 1. The number of hydrogen-bond acceptors (Lipinski definition) is 3. The number of benzene rings is 1. The highest BCUT2D eigenvalue weighted by atomic mass is 19.1. The zero-order chi connectivity index (χ0) is 13.1. The molecule has 5 heteroatoms. The molecule has 2 aromatic rings. The molecule has 0 radical (unpaired) electrons. The van der Waals surface area contributed by atoms with Crippen LogP contribution in [0.15, 0.2) is 30.7 Å². The molecule has 1 aromatic heterocycles. The van der Waals surface area contributed by atoms with E-state index in [-0.39, 0.29) is 18.2 Å². The second-order valence-electron chi connectivity index (χ2n) is 3.98. The van der Waals surface area contributed by atoms with E-state index in [4.69, 9.17) is 10.4 Å². The van der Waals surface area contributed by atoms with Crippen molar-refractivity contribution < 1.29 is 9.50 Å². The summed E-state index contributed by atoms with van der Waals surface area (Å²) < 4.78 is 15.3. The number of imidazole rings is 1. The van der Waals surface area contributed by atoms with Crippen molar-refractivity contribution in [2.24, 2.45) is 0 Å². The van der Waals surface area contributed by atoms with E-state index in [1.807, 2.05) is 6.92 Å². The Morgan fingerprint density at radius 1 is 1.56 bits per heavy atom. The molecule has 1 heterocycles. The molecule has 92 valence electrons.